The number of hydrogen-bond acceptors (Lipinski definition) is 4. The van der Waals surface area contributed by atoms with E-state index in [1.54, 1.807) is 17.0 Å². The average Bonchev–Trinajstić information content (AvgIpc) is 3.22. The number of aromatic nitrogens is 1. The van der Waals surface area contributed by atoms with Gasteiger partial charge >= 0.3 is 5.97 Å². The van der Waals surface area contributed by atoms with Gasteiger partial charge in [-0.1, -0.05) is 49.1 Å². The third-order valence-corrected chi connectivity index (χ3v) is 9.39. The molecule has 1 N–H and O–H groups in total. The number of carbonyl (C=O) groups is 2. The first kappa shape index (κ1) is 26.7. The summed E-state index contributed by atoms with van der Waals surface area (Å²) in [5.74, 6) is -0.835. The van der Waals surface area contributed by atoms with Gasteiger partial charge in [0.25, 0.3) is 0 Å². The van der Waals surface area contributed by atoms with E-state index < -0.39 is 16.0 Å². The number of carboxylic acids is 1. The van der Waals surface area contributed by atoms with E-state index in [2.05, 4.69) is 0 Å². The minimum absolute atomic E-state index is 0.0309. The van der Waals surface area contributed by atoms with Gasteiger partial charge in [-0.2, -0.15) is 4.31 Å². The minimum atomic E-state index is -3.31. The highest BCUT2D eigenvalue weighted by Crippen LogP contribution is 2.44. The van der Waals surface area contributed by atoms with Crippen molar-refractivity contribution in [2.75, 3.05) is 32.4 Å². The fourth-order valence-electron chi connectivity index (χ4n) is 5.90. The van der Waals surface area contributed by atoms with E-state index in [9.17, 15) is 23.1 Å². The van der Waals surface area contributed by atoms with Gasteiger partial charge in [0.1, 0.15) is 6.54 Å². The number of carbonyl (C=O) groups excluding carboxylic acids is 1. The third-order valence-electron chi connectivity index (χ3n) is 7.84. The van der Waals surface area contributed by atoms with Gasteiger partial charge in [-0.3, -0.25) is 4.79 Å². The van der Waals surface area contributed by atoms with E-state index in [1.165, 1.54) is 17.0 Å². The molecule has 3 aromatic rings. The van der Waals surface area contributed by atoms with Crippen LogP contribution in [0, 0.1) is 0 Å². The maximum absolute atomic E-state index is 13.6. The summed E-state index contributed by atoms with van der Waals surface area (Å²) in [7, 11) is -3.31. The van der Waals surface area contributed by atoms with E-state index in [4.69, 9.17) is 11.6 Å². The minimum Gasteiger partial charge on any atom is -0.478 e. The van der Waals surface area contributed by atoms with Gasteiger partial charge in [0.2, 0.25) is 15.9 Å². The molecule has 0 bridgehead atoms. The van der Waals surface area contributed by atoms with Crippen molar-refractivity contribution >= 4 is 44.4 Å². The molecule has 2 aromatic carbocycles. The van der Waals surface area contributed by atoms with Crippen LogP contribution in [0.15, 0.2) is 42.5 Å². The molecule has 38 heavy (non-hydrogen) atoms. The lowest BCUT2D eigenvalue weighted by atomic mass is 9.82. The van der Waals surface area contributed by atoms with Crippen LogP contribution in [0.4, 0.5) is 0 Å². The molecule has 8 nitrogen and oxygen atoms in total. The first-order valence-corrected chi connectivity index (χ1v) is 15.2. The van der Waals surface area contributed by atoms with Gasteiger partial charge < -0.3 is 14.6 Å². The molecular formula is C28H32ClN3O5S. The largest absolute Gasteiger partial charge is 0.478 e. The molecule has 0 atom stereocenters. The second-order valence-corrected chi connectivity index (χ2v) is 12.7. The molecule has 1 aliphatic heterocycles. The second-order valence-electron chi connectivity index (χ2n) is 10.3. The van der Waals surface area contributed by atoms with Crippen LogP contribution in [0.2, 0.25) is 5.02 Å². The van der Waals surface area contributed by atoms with Crippen molar-refractivity contribution in [3.05, 3.63) is 58.6 Å². The van der Waals surface area contributed by atoms with Crippen molar-refractivity contribution in [2.45, 2.75) is 44.6 Å². The van der Waals surface area contributed by atoms with E-state index in [-0.39, 0.29) is 31.1 Å². The lowest BCUT2D eigenvalue weighted by Crippen LogP contribution is -2.51. The van der Waals surface area contributed by atoms with Crippen molar-refractivity contribution in [1.82, 2.24) is 13.8 Å². The molecule has 2 aliphatic rings. The van der Waals surface area contributed by atoms with Gasteiger partial charge in [0.05, 0.1) is 23.0 Å². The Balaban J connectivity index is 1.62. The summed E-state index contributed by atoms with van der Waals surface area (Å²) in [6, 6.07) is 12.8. The van der Waals surface area contributed by atoms with Crippen molar-refractivity contribution in [1.29, 1.82) is 0 Å². The second kappa shape index (κ2) is 10.7. The fraction of sp³-hybridized carbons (Fsp3) is 0.429. The van der Waals surface area contributed by atoms with Crippen LogP contribution < -0.4 is 0 Å². The Labute approximate surface area is 227 Å². The lowest BCUT2D eigenvalue weighted by Gasteiger charge is -2.33. The van der Waals surface area contributed by atoms with Crippen LogP contribution >= 0.6 is 11.6 Å². The van der Waals surface area contributed by atoms with Crippen LogP contribution in [0.25, 0.3) is 22.2 Å². The average molecular weight is 558 g/mol. The molecule has 1 saturated carbocycles. The summed E-state index contributed by atoms with van der Waals surface area (Å²) in [6.45, 7) is 1.19. The van der Waals surface area contributed by atoms with E-state index in [1.807, 2.05) is 34.9 Å². The number of halogens is 1. The van der Waals surface area contributed by atoms with Crippen molar-refractivity contribution in [3.8, 4) is 11.3 Å². The van der Waals surface area contributed by atoms with E-state index >= 15 is 0 Å². The Morgan fingerprint density at radius 2 is 1.63 bits per heavy atom. The molecule has 202 valence electrons. The number of aromatic carboxylic acids is 1. The van der Waals surface area contributed by atoms with Crippen molar-refractivity contribution in [3.63, 3.8) is 0 Å². The number of piperazine rings is 1. The molecule has 0 radical (unpaired) electrons. The number of fused-ring (bicyclic) bond motifs is 1. The summed E-state index contributed by atoms with van der Waals surface area (Å²) in [5.41, 5.74) is 3.91. The Morgan fingerprint density at radius 3 is 2.24 bits per heavy atom. The number of hydrogen-bond donors (Lipinski definition) is 1. The van der Waals surface area contributed by atoms with Crippen LogP contribution in [-0.2, 0) is 21.4 Å². The molecule has 0 spiro atoms. The highest BCUT2D eigenvalue weighted by Gasteiger charge is 2.30. The topological polar surface area (TPSA) is 99.9 Å². The fourth-order valence-corrected chi connectivity index (χ4v) is 6.85. The SMILES string of the molecule is CS(=O)(=O)N1CCN(C(=O)Cn2c(-c3ccc(Cl)cc3)c(C3CCCCC3)c3ccc(C(=O)O)cc32)CC1. The van der Waals surface area contributed by atoms with Gasteiger partial charge in [-0.05, 0) is 54.2 Å². The highest BCUT2D eigenvalue weighted by atomic mass is 35.5. The first-order chi connectivity index (χ1) is 18.1. The highest BCUT2D eigenvalue weighted by molar-refractivity contribution is 7.88. The smallest absolute Gasteiger partial charge is 0.335 e. The summed E-state index contributed by atoms with van der Waals surface area (Å²) in [4.78, 5) is 27.2. The Hall–Kier alpha value is -2.88. The molecule has 5 rings (SSSR count). The van der Waals surface area contributed by atoms with Crippen LogP contribution in [0.3, 0.4) is 0 Å². The van der Waals surface area contributed by atoms with E-state index in [0.29, 0.717) is 24.0 Å². The monoisotopic (exact) mass is 557 g/mol. The summed E-state index contributed by atoms with van der Waals surface area (Å²) >= 11 is 6.21. The number of rotatable bonds is 6. The van der Waals surface area contributed by atoms with Gasteiger partial charge in [-0.15, -0.1) is 0 Å². The first-order valence-electron chi connectivity index (χ1n) is 13.0. The van der Waals surface area contributed by atoms with Crippen LogP contribution in [0.5, 0.6) is 0 Å². The van der Waals surface area contributed by atoms with Gasteiger partial charge in [0.15, 0.2) is 0 Å². The zero-order valence-electron chi connectivity index (χ0n) is 21.4. The third kappa shape index (κ3) is 5.32. The Kier molecular flexibility index (Phi) is 7.53. The number of sulfonamides is 1. The van der Waals surface area contributed by atoms with Crippen LogP contribution in [-0.4, -0.2) is 71.6 Å². The maximum atomic E-state index is 13.6. The molecular weight excluding hydrogens is 526 g/mol. The molecule has 2 fully saturated rings. The van der Waals surface area contributed by atoms with Crippen molar-refractivity contribution in [2.24, 2.45) is 0 Å². The zero-order chi connectivity index (χ0) is 27.0. The Morgan fingerprint density at radius 1 is 0.974 bits per heavy atom. The predicted molar refractivity (Wildman–Crippen MR) is 148 cm³/mol. The molecule has 2 heterocycles. The molecule has 1 aliphatic carbocycles. The molecule has 0 unspecified atom stereocenters. The Bertz CT molecular complexity index is 1470. The molecule has 1 aromatic heterocycles. The van der Waals surface area contributed by atoms with Crippen molar-refractivity contribution < 1.29 is 23.1 Å². The number of amides is 1. The molecule has 10 heteroatoms. The quantitative estimate of drug-likeness (QED) is 0.469. The lowest BCUT2D eigenvalue weighted by molar-refractivity contribution is -0.132. The van der Waals surface area contributed by atoms with E-state index in [0.717, 1.165) is 53.4 Å². The standard InChI is InChI=1S/C28H32ClN3O5S/c1-38(36,37)31-15-13-30(14-16-31)25(33)18-32-24-17-21(28(34)35)9-12-23(24)26(19-5-3-2-4-6-19)27(32)20-7-10-22(29)11-8-20/h7-12,17,19H,2-6,13-16,18H2,1H3,(H,34,35). The predicted octanol–water partition coefficient (Wildman–Crippen LogP) is 4.81. The van der Waals surface area contributed by atoms with Crippen LogP contribution in [0.1, 0.15) is 53.9 Å². The zero-order valence-corrected chi connectivity index (χ0v) is 23.0. The summed E-state index contributed by atoms with van der Waals surface area (Å²) in [5, 5.41) is 11.3. The summed E-state index contributed by atoms with van der Waals surface area (Å²) < 4.78 is 27.2. The number of benzene rings is 2. The van der Waals surface area contributed by atoms with Gasteiger partial charge in [-0.25, -0.2) is 13.2 Å². The molecule has 1 saturated heterocycles. The number of nitrogens with zero attached hydrogens (tertiary/aromatic N) is 3. The summed E-state index contributed by atoms with van der Waals surface area (Å²) in [6.07, 6.45) is 6.74. The van der Waals surface area contributed by atoms with Gasteiger partial charge in [0, 0.05) is 36.6 Å². The molecule has 1 amide bonds. The maximum Gasteiger partial charge on any atom is 0.335 e. The number of carboxylic acid groups (broad SMARTS) is 1. The normalized spacial score (nSPS) is 17.7.